The molecule has 0 amide bonds. The molecule has 5 heteroatoms. The van der Waals surface area contributed by atoms with Crippen molar-refractivity contribution in [2.75, 3.05) is 0 Å². The second kappa shape index (κ2) is 3.17. The molecule has 12 heavy (non-hydrogen) atoms. The molecule has 0 aromatic carbocycles. The Morgan fingerprint density at radius 1 is 1.75 bits per heavy atom. The largest absolute Gasteiger partial charge is 0.476 e. The standard InChI is InChI=1S/C7H8N2O3/c1-2-4-3-5(10)6(7(11)12)9-8-4/h3H,2H2,1H3,(H,8,10)(H,11,12). The van der Waals surface area contributed by atoms with E-state index in [2.05, 4.69) is 10.2 Å². The van der Waals surface area contributed by atoms with E-state index in [0.717, 1.165) is 0 Å². The van der Waals surface area contributed by atoms with Gasteiger partial charge < -0.3 is 5.11 Å². The monoisotopic (exact) mass is 168 g/mol. The topological polar surface area (TPSA) is 83.1 Å². The van der Waals surface area contributed by atoms with Crippen LogP contribution in [0.25, 0.3) is 0 Å². The van der Waals surface area contributed by atoms with Gasteiger partial charge in [-0.2, -0.15) is 5.10 Å². The van der Waals surface area contributed by atoms with Gasteiger partial charge in [0.1, 0.15) is 0 Å². The molecule has 1 heterocycles. The smallest absolute Gasteiger partial charge is 0.360 e. The maximum absolute atomic E-state index is 11.0. The quantitative estimate of drug-likeness (QED) is 0.652. The second-order valence-electron chi connectivity index (χ2n) is 2.26. The number of nitrogens with zero attached hydrogens (tertiary/aromatic N) is 1. The summed E-state index contributed by atoms with van der Waals surface area (Å²) in [5.41, 5.74) is -0.393. The predicted molar refractivity (Wildman–Crippen MR) is 41.2 cm³/mol. The Hall–Kier alpha value is -1.65. The molecule has 0 aliphatic carbocycles. The molecule has 0 bridgehead atoms. The lowest BCUT2D eigenvalue weighted by Crippen LogP contribution is -2.18. The molecule has 0 saturated carbocycles. The second-order valence-corrected chi connectivity index (χ2v) is 2.26. The molecule has 0 fully saturated rings. The van der Waals surface area contributed by atoms with Gasteiger partial charge in [0.25, 0.3) is 0 Å². The van der Waals surface area contributed by atoms with Crippen LogP contribution in [0.1, 0.15) is 23.1 Å². The molecule has 5 nitrogen and oxygen atoms in total. The number of nitrogens with one attached hydrogen (secondary N) is 1. The first-order valence-corrected chi connectivity index (χ1v) is 3.47. The van der Waals surface area contributed by atoms with Crippen molar-refractivity contribution in [3.63, 3.8) is 0 Å². The molecular weight excluding hydrogens is 160 g/mol. The van der Waals surface area contributed by atoms with Gasteiger partial charge in [-0.25, -0.2) is 4.79 Å². The minimum Gasteiger partial charge on any atom is -0.476 e. The summed E-state index contributed by atoms with van der Waals surface area (Å²) in [5, 5.41) is 14.3. The van der Waals surface area contributed by atoms with E-state index in [0.29, 0.717) is 12.1 Å². The number of aromatic nitrogens is 2. The Labute approximate surface area is 68.1 Å². The Morgan fingerprint density at radius 2 is 2.42 bits per heavy atom. The van der Waals surface area contributed by atoms with Crippen LogP contribution < -0.4 is 5.43 Å². The van der Waals surface area contributed by atoms with E-state index in [1.54, 1.807) is 0 Å². The van der Waals surface area contributed by atoms with Crippen molar-refractivity contribution in [2.45, 2.75) is 13.3 Å². The summed E-state index contributed by atoms with van der Waals surface area (Å²) in [4.78, 5) is 21.3. The molecule has 0 unspecified atom stereocenters. The van der Waals surface area contributed by atoms with Gasteiger partial charge in [0.15, 0.2) is 0 Å². The molecule has 2 N–H and O–H groups in total. The fourth-order valence-corrected chi connectivity index (χ4v) is 0.776. The normalized spacial score (nSPS) is 9.75. The lowest BCUT2D eigenvalue weighted by atomic mass is 10.3. The minimum atomic E-state index is -1.31. The van der Waals surface area contributed by atoms with Crippen molar-refractivity contribution in [3.05, 3.63) is 27.7 Å². The molecule has 1 aromatic rings. The van der Waals surface area contributed by atoms with Crippen LogP contribution in [0.4, 0.5) is 0 Å². The van der Waals surface area contributed by atoms with Gasteiger partial charge >= 0.3 is 5.97 Å². The highest BCUT2D eigenvalue weighted by molar-refractivity contribution is 5.84. The number of rotatable bonds is 2. The molecule has 64 valence electrons. The van der Waals surface area contributed by atoms with Crippen LogP contribution in [0.2, 0.25) is 0 Å². The Balaban J connectivity index is 3.21. The first-order valence-electron chi connectivity index (χ1n) is 3.47. The molecule has 1 rings (SSSR count). The summed E-state index contributed by atoms with van der Waals surface area (Å²) in [6.07, 6.45) is 0.627. The molecular formula is C7H8N2O3. The highest BCUT2D eigenvalue weighted by Gasteiger charge is 2.09. The Kier molecular flexibility index (Phi) is 2.23. The van der Waals surface area contributed by atoms with Crippen LogP contribution >= 0.6 is 0 Å². The van der Waals surface area contributed by atoms with E-state index in [9.17, 15) is 9.59 Å². The van der Waals surface area contributed by atoms with Crippen LogP contribution in [0.5, 0.6) is 0 Å². The average molecular weight is 168 g/mol. The summed E-state index contributed by atoms with van der Waals surface area (Å²) < 4.78 is 0. The number of carboxylic acids is 1. The molecule has 0 atom stereocenters. The van der Waals surface area contributed by atoms with Crippen molar-refractivity contribution in [2.24, 2.45) is 0 Å². The SMILES string of the molecule is CCc1cc(=O)c(C(=O)O)n[nH]1. The zero-order chi connectivity index (χ0) is 9.14. The van der Waals surface area contributed by atoms with E-state index in [4.69, 9.17) is 5.11 Å². The molecule has 0 radical (unpaired) electrons. The highest BCUT2D eigenvalue weighted by Crippen LogP contribution is 1.90. The lowest BCUT2D eigenvalue weighted by Gasteiger charge is -1.95. The maximum atomic E-state index is 11.0. The average Bonchev–Trinajstić information content (AvgIpc) is 2.03. The summed E-state index contributed by atoms with van der Waals surface area (Å²) in [7, 11) is 0. The van der Waals surface area contributed by atoms with Crippen molar-refractivity contribution in [3.8, 4) is 0 Å². The van der Waals surface area contributed by atoms with Gasteiger partial charge in [0.05, 0.1) is 0 Å². The van der Waals surface area contributed by atoms with Crippen LogP contribution in [0.15, 0.2) is 10.9 Å². The van der Waals surface area contributed by atoms with Gasteiger partial charge in [0.2, 0.25) is 11.1 Å². The zero-order valence-electron chi connectivity index (χ0n) is 6.50. The van der Waals surface area contributed by atoms with Crippen molar-refractivity contribution >= 4 is 5.97 Å². The fraction of sp³-hybridized carbons (Fsp3) is 0.286. The number of aromatic carboxylic acids is 1. The maximum Gasteiger partial charge on any atom is 0.360 e. The molecule has 0 aliphatic rings. The third-order valence-corrected chi connectivity index (χ3v) is 1.43. The summed E-state index contributed by atoms with van der Waals surface area (Å²) in [5.74, 6) is -1.31. The number of hydrogen-bond acceptors (Lipinski definition) is 3. The zero-order valence-corrected chi connectivity index (χ0v) is 6.50. The summed E-state index contributed by atoms with van der Waals surface area (Å²) in [6, 6.07) is 1.25. The van der Waals surface area contributed by atoms with Crippen LogP contribution in [-0.4, -0.2) is 21.3 Å². The van der Waals surface area contributed by atoms with Gasteiger partial charge in [-0.15, -0.1) is 0 Å². The van der Waals surface area contributed by atoms with Crippen molar-refractivity contribution < 1.29 is 9.90 Å². The molecule has 0 spiro atoms. The minimum absolute atomic E-state index is 0.466. The van der Waals surface area contributed by atoms with Crippen LogP contribution in [-0.2, 0) is 6.42 Å². The number of carbonyl (C=O) groups is 1. The van der Waals surface area contributed by atoms with Gasteiger partial charge in [-0.3, -0.25) is 9.89 Å². The first-order chi connectivity index (χ1) is 5.65. The lowest BCUT2D eigenvalue weighted by molar-refractivity contribution is 0.0687. The predicted octanol–water partition coefficient (Wildman–Crippen LogP) is 0.0305. The summed E-state index contributed by atoms with van der Waals surface area (Å²) >= 11 is 0. The van der Waals surface area contributed by atoms with Crippen molar-refractivity contribution in [1.29, 1.82) is 0 Å². The molecule has 0 aliphatic heterocycles. The van der Waals surface area contributed by atoms with E-state index in [1.807, 2.05) is 6.92 Å². The van der Waals surface area contributed by atoms with Gasteiger partial charge in [-0.05, 0) is 6.42 Å². The highest BCUT2D eigenvalue weighted by atomic mass is 16.4. The van der Waals surface area contributed by atoms with Gasteiger partial charge in [-0.1, -0.05) is 6.92 Å². The number of aromatic amines is 1. The molecule has 1 aromatic heterocycles. The van der Waals surface area contributed by atoms with E-state index < -0.39 is 17.1 Å². The first kappa shape index (κ1) is 8.45. The number of hydrogen-bond donors (Lipinski definition) is 2. The number of H-pyrrole nitrogens is 1. The number of carboxylic acid groups (broad SMARTS) is 1. The van der Waals surface area contributed by atoms with Crippen LogP contribution in [0, 0.1) is 0 Å². The van der Waals surface area contributed by atoms with Gasteiger partial charge in [0, 0.05) is 11.8 Å². The summed E-state index contributed by atoms with van der Waals surface area (Å²) in [6.45, 7) is 1.84. The van der Waals surface area contributed by atoms with E-state index in [1.165, 1.54) is 6.07 Å². The van der Waals surface area contributed by atoms with Crippen LogP contribution in [0.3, 0.4) is 0 Å². The van der Waals surface area contributed by atoms with E-state index in [-0.39, 0.29) is 0 Å². The Morgan fingerprint density at radius 3 is 2.83 bits per heavy atom. The third-order valence-electron chi connectivity index (χ3n) is 1.43. The fourth-order valence-electron chi connectivity index (χ4n) is 0.776. The van der Waals surface area contributed by atoms with Crippen molar-refractivity contribution in [1.82, 2.24) is 10.2 Å². The third kappa shape index (κ3) is 1.50. The number of aryl methyl sites for hydroxylation is 1. The molecule has 0 saturated heterocycles. The Bertz CT molecular complexity index is 356. The van der Waals surface area contributed by atoms with E-state index >= 15 is 0 Å².